The van der Waals surface area contributed by atoms with Crippen LogP contribution in [-0.2, 0) is 66.4 Å². The van der Waals surface area contributed by atoms with Gasteiger partial charge in [-0.15, -0.1) is 0 Å². The summed E-state index contributed by atoms with van der Waals surface area (Å²) in [6.45, 7) is 8.12. The molecule has 0 aliphatic carbocycles. The van der Waals surface area contributed by atoms with Crippen molar-refractivity contribution in [2.75, 3.05) is 19.1 Å². The van der Waals surface area contributed by atoms with Crippen LogP contribution in [-0.4, -0.2) is 200 Å². The second kappa shape index (κ2) is 34.2. The van der Waals surface area contributed by atoms with Crippen LogP contribution >= 0.6 is 0 Å². The molecule has 2 saturated heterocycles. The van der Waals surface area contributed by atoms with Gasteiger partial charge in [0.15, 0.2) is 23.6 Å². The third kappa shape index (κ3) is 18.7. The molecule has 2 fully saturated rings. The van der Waals surface area contributed by atoms with Gasteiger partial charge < -0.3 is 116 Å². The van der Waals surface area contributed by atoms with Crippen molar-refractivity contribution in [3.05, 3.63) is 130 Å². The van der Waals surface area contributed by atoms with Gasteiger partial charge in [-0.3, -0.25) is 19.2 Å². The molecule has 6 aliphatic rings. The van der Waals surface area contributed by atoms with Crippen molar-refractivity contribution >= 4 is 40.5 Å². The number of aliphatic carboxylic acids is 1. The lowest BCUT2D eigenvalue weighted by Crippen LogP contribution is -2.61. The Bertz CT molecular complexity index is 3630. The quantitative estimate of drug-likeness (QED) is 0.0741. The Hall–Kier alpha value is -7.56. The Morgan fingerprint density at radius 1 is 0.737 bits per heavy atom. The van der Waals surface area contributed by atoms with Crippen molar-refractivity contribution in [1.29, 1.82) is 0 Å². The molecule has 0 spiro atoms. The summed E-state index contributed by atoms with van der Waals surface area (Å²) in [7, 11) is 0. The van der Waals surface area contributed by atoms with E-state index in [0.717, 1.165) is 5.56 Å². The number of aromatic nitrogens is 2. The number of cyclic esters (lactones) is 2. The van der Waals surface area contributed by atoms with Crippen LogP contribution in [0.2, 0.25) is 0 Å². The summed E-state index contributed by atoms with van der Waals surface area (Å²) in [5.74, 6) is -7.36. The molecule has 0 unspecified atom stereocenters. The predicted octanol–water partition coefficient (Wildman–Crippen LogP) is 1.61. The number of allylic oxidation sites excluding steroid dienone is 12. The van der Waals surface area contributed by atoms with Gasteiger partial charge in [0, 0.05) is 60.1 Å². The predicted molar refractivity (Wildman–Crippen MR) is 355 cm³/mol. The zero-order chi connectivity index (χ0) is 72.2. The summed E-state index contributed by atoms with van der Waals surface area (Å²) in [6.07, 6.45) is 3.62. The van der Waals surface area contributed by atoms with E-state index in [-0.39, 0.29) is 69.1 Å². The van der Waals surface area contributed by atoms with E-state index in [9.17, 15) is 80.1 Å². The number of hydrogen-bond acceptors (Lipinski definition) is 27. The number of nitrogens with zero attached hydrogens (tertiary/aromatic N) is 2. The minimum Gasteiger partial charge on any atom is -0.481 e. The van der Waals surface area contributed by atoms with E-state index in [1.807, 2.05) is 19.1 Å². The molecule has 29 nitrogen and oxygen atoms in total. The third-order valence-corrected chi connectivity index (χ3v) is 18.6. The minimum absolute atomic E-state index is 0.0749. The largest absolute Gasteiger partial charge is 0.481 e. The number of benzene rings is 1. The first kappa shape index (κ1) is 77.2. The van der Waals surface area contributed by atoms with Crippen LogP contribution in [0.3, 0.4) is 0 Å². The van der Waals surface area contributed by atoms with Gasteiger partial charge in [-0.2, -0.15) is 0 Å². The zero-order valence-corrected chi connectivity index (χ0v) is 55.8. The highest BCUT2D eigenvalue weighted by Gasteiger charge is 2.53. The van der Waals surface area contributed by atoms with E-state index in [1.165, 1.54) is 13.0 Å². The molecule has 9 rings (SSSR count). The number of carboxylic acid groups (broad SMARTS) is 1. The fourth-order valence-electron chi connectivity index (χ4n) is 12.9. The number of carbonyl (C=O) groups excluding carboxylic acids is 3. The second-order valence-corrected chi connectivity index (χ2v) is 25.9. The van der Waals surface area contributed by atoms with E-state index >= 15 is 0 Å². The molecular formula is C70H93N5O24. The second-order valence-electron chi connectivity index (χ2n) is 25.9. The van der Waals surface area contributed by atoms with Crippen molar-refractivity contribution in [2.24, 2.45) is 29.2 Å². The van der Waals surface area contributed by atoms with Gasteiger partial charge in [-0.05, 0) is 51.7 Å². The maximum Gasteiger partial charge on any atom is 0.355 e. The molecule has 1 aromatic carbocycles. The highest BCUT2D eigenvalue weighted by atomic mass is 16.7. The van der Waals surface area contributed by atoms with Crippen LogP contribution in [0, 0.1) is 17.8 Å². The lowest BCUT2D eigenvalue weighted by molar-refractivity contribution is -0.308. The number of ether oxygens (including phenoxy) is 8. The molecule has 0 amide bonds. The fraction of sp³-hybridized carbons (Fsp3) is 0.543. The average molecular weight is 1390 g/mol. The lowest BCUT2D eigenvalue weighted by atomic mass is 9.82. The zero-order valence-electron chi connectivity index (χ0n) is 55.8. The van der Waals surface area contributed by atoms with Crippen LogP contribution in [0.15, 0.2) is 108 Å². The van der Waals surface area contributed by atoms with Gasteiger partial charge >= 0.3 is 23.9 Å². The van der Waals surface area contributed by atoms with Crippen molar-refractivity contribution in [1.82, 2.24) is 9.55 Å². The maximum absolute atomic E-state index is 13.5. The number of anilines is 1. The number of pyridine rings is 2. The molecule has 0 radical (unpaired) electrons. The molecule has 2 aromatic heterocycles. The molecule has 0 saturated carbocycles. The monoisotopic (exact) mass is 1390 g/mol. The van der Waals surface area contributed by atoms with Gasteiger partial charge in [-0.25, -0.2) is 9.78 Å². The van der Waals surface area contributed by atoms with E-state index in [2.05, 4.69) is 0 Å². The molecular weight excluding hydrogens is 1290 g/mol. The topological polar surface area (TPSA) is 478 Å². The van der Waals surface area contributed by atoms with Crippen LogP contribution < -0.4 is 32.2 Å². The molecule has 17 N–H and O–H groups in total. The standard InChI is InChI=1S/C47H73NO17.C23H20N4O7/c1-27-17-15-13-11-9-7-5-6-8-10-12-14-16-18-34(64-46-44(58)41(48)43(57)30(4)63-46)24-38-40(45(59)60)37(54)26-47(61,65-38)25-33(51)21-31(49)19-20-35(52)36(53)22-32(50)23-39(55)62-29(3)28(2)42(27)56;1-2-23(34-17(28)6-24)13-4-15-19-10(7-27(15)21(29)12(13)8-31-22(23)30)3-11-14(26-19)5-16-20(18(11)25)33-9-32-16/h5-18,27-38,40-44,46,49-54,56-58,61H,19-26,48H2,1-4H3,(H,59,60);3-5H,2,6-9,24-25H2,1H3/b6-5+,9-7+,10-8+,13-11+,14-12+,17-15-,18-16+;/t27-,28+,29-,30+,31-,32+,33-,34-,35-,36-,37-,38-,40+,41-,42+,43+,44-,46-,47+;23-/m00/s1. The number of fused-ring (bicyclic) bond motifs is 8. The summed E-state index contributed by atoms with van der Waals surface area (Å²) in [5, 5.41) is 119. The van der Waals surface area contributed by atoms with E-state index in [4.69, 9.17) is 60.1 Å². The molecule has 99 heavy (non-hydrogen) atoms. The first-order chi connectivity index (χ1) is 47.0. The van der Waals surface area contributed by atoms with Gasteiger partial charge in [0.05, 0.1) is 121 Å². The Morgan fingerprint density at radius 3 is 2.04 bits per heavy atom. The van der Waals surface area contributed by atoms with Crippen LogP contribution in [0.4, 0.5) is 5.69 Å². The summed E-state index contributed by atoms with van der Waals surface area (Å²) >= 11 is 0. The number of aliphatic hydroxyl groups is 10. The number of aliphatic hydroxyl groups excluding tert-OH is 9. The van der Waals surface area contributed by atoms with Crippen molar-refractivity contribution < 1.29 is 113 Å². The fourth-order valence-corrected chi connectivity index (χ4v) is 12.9. The summed E-state index contributed by atoms with van der Waals surface area (Å²) < 4.78 is 46.4. The third-order valence-electron chi connectivity index (χ3n) is 18.6. The van der Waals surface area contributed by atoms with Crippen molar-refractivity contribution in [3.8, 4) is 22.9 Å². The van der Waals surface area contributed by atoms with Gasteiger partial charge in [0.25, 0.3) is 5.56 Å². The highest BCUT2D eigenvalue weighted by molar-refractivity contribution is 5.98. The maximum atomic E-state index is 13.5. The number of nitrogen functional groups attached to an aromatic ring is 1. The van der Waals surface area contributed by atoms with Crippen molar-refractivity contribution in [3.63, 3.8) is 0 Å². The van der Waals surface area contributed by atoms with Gasteiger partial charge in [-0.1, -0.05) is 106 Å². The highest BCUT2D eigenvalue weighted by Crippen LogP contribution is 2.46. The van der Waals surface area contributed by atoms with E-state index in [1.54, 1.807) is 110 Å². The van der Waals surface area contributed by atoms with Crippen LogP contribution in [0.5, 0.6) is 11.5 Å². The van der Waals surface area contributed by atoms with Gasteiger partial charge in [0.1, 0.15) is 24.7 Å². The number of nitrogens with two attached hydrogens (primary N) is 3. The molecule has 29 heteroatoms. The van der Waals surface area contributed by atoms with E-state index < -0.39 is 171 Å². The number of rotatable bonds is 6. The average Bonchev–Trinajstić information content (AvgIpc) is 1.64. The van der Waals surface area contributed by atoms with Crippen LogP contribution in [0.1, 0.15) is 109 Å². The Labute approximate surface area is 571 Å². The number of carboxylic acids is 1. The molecule has 3 aromatic rings. The molecule has 6 aliphatic heterocycles. The number of hydrogen-bond donors (Lipinski definition) is 14. The van der Waals surface area contributed by atoms with Gasteiger partial charge in [0.2, 0.25) is 12.4 Å². The Morgan fingerprint density at radius 2 is 1.39 bits per heavy atom. The Balaban J connectivity index is 0.000000303. The number of carbonyl (C=O) groups is 4. The molecule has 20 atom stereocenters. The first-order valence-corrected chi connectivity index (χ1v) is 33.1. The summed E-state index contributed by atoms with van der Waals surface area (Å²) in [5.41, 5.74) is 19.1. The SMILES string of the molecule is CC[C@@]1(OC(=O)CN)C(=O)OCc2c1cc1n(c2=O)Cc2cc3c(N)c4c(cc3nc2-1)OCO4.C[C@H]1[C@H](O)[C@@H](C)\C=C/C=C/C=C/C=C/C=C/C=C/C=C/[C@H](O[C@@H]2O[C@H](C)[C@@H](O)[C@H](N)[C@@H]2O)C[C@@H]2O[C@](O)(C[C@@H](O)C[C@@H](O)CC[C@H](O)[C@@H](O)C[C@@H](O)CC(=O)O[C@H]1C)C[C@H](O)[C@H]2C(=O)O. The molecule has 2 bridgehead atoms. The van der Waals surface area contributed by atoms with Crippen molar-refractivity contribution in [2.45, 2.75) is 209 Å². The van der Waals surface area contributed by atoms with Crippen LogP contribution in [0.25, 0.3) is 22.3 Å². The normalized spacial score (nSPS) is 36.5. The lowest BCUT2D eigenvalue weighted by Gasteiger charge is -2.45. The minimum atomic E-state index is -2.29. The Kier molecular flexibility index (Phi) is 26.7. The molecule has 8 heterocycles. The summed E-state index contributed by atoms with van der Waals surface area (Å²) in [4.78, 5) is 68.3. The van der Waals surface area contributed by atoms with E-state index in [0.29, 0.717) is 45.0 Å². The smallest absolute Gasteiger partial charge is 0.355 e. The number of esters is 3. The summed E-state index contributed by atoms with van der Waals surface area (Å²) in [6, 6.07) is 4.16. The molecule has 542 valence electrons. The first-order valence-electron chi connectivity index (χ1n) is 33.1.